The maximum atomic E-state index is 13.8. The van der Waals surface area contributed by atoms with Gasteiger partial charge in [-0.25, -0.2) is 4.98 Å². The fourth-order valence-corrected chi connectivity index (χ4v) is 5.35. The molecule has 1 aliphatic heterocycles. The number of rotatable bonds is 9. The number of alkyl halides is 3. The van der Waals surface area contributed by atoms with Crippen molar-refractivity contribution in [2.24, 2.45) is 5.92 Å². The van der Waals surface area contributed by atoms with Crippen LogP contribution in [0.15, 0.2) is 30.5 Å². The van der Waals surface area contributed by atoms with Crippen molar-refractivity contribution in [1.82, 2.24) is 25.1 Å². The van der Waals surface area contributed by atoms with E-state index in [1.165, 1.54) is 0 Å². The van der Waals surface area contributed by atoms with Crippen molar-refractivity contribution < 1.29 is 27.9 Å². The van der Waals surface area contributed by atoms with E-state index in [0.29, 0.717) is 36.7 Å². The number of likely N-dealkylation sites (tertiary alicyclic amines) is 1. The third-order valence-electron chi connectivity index (χ3n) is 7.88. The van der Waals surface area contributed by atoms with E-state index in [-0.39, 0.29) is 30.4 Å². The van der Waals surface area contributed by atoms with E-state index >= 15 is 0 Å². The van der Waals surface area contributed by atoms with Crippen molar-refractivity contribution >= 4 is 29.3 Å². The van der Waals surface area contributed by atoms with Gasteiger partial charge in [0.2, 0.25) is 11.9 Å². The van der Waals surface area contributed by atoms with Crippen molar-refractivity contribution in [1.29, 1.82) is 0 Å². The number of aliphatic hydroxyl groups is 1. The van der Waals surface area contributed by atoms with Crippen molar-refractivity contribution in [2.75, 3.05) is 44.4 Å². The molecule has 41 heavy (non-hydrogen) atoms. The summed E-state index contributed by atoms with van der Waals surface area (Å²) in [6.45, 7) is 3.29. The summed E-state index contributed by atoms with van der Waals surface area (Å²) in [7, 11) is 3.87. The Balaban J connectivity index is 1.47. The van der Waals surface area contributed by atoms with Crippen LogP contribution in [0.5, 0.6) is 0 Å². The van der Waals surface area contributed by atoms with Gasteiger partial charge in [-0.3, -0.25) is 9.59 Å². The predicted octanol–water partition coefficient (Wildman–Crippen LogP) is 3.48. The van der Waals surface area contributed by atoms with Gasteiger partial charge >= 0.3 is 6.18 Å². The topological polar surface area (TPSA) is 123 Å². The van der Waals surface area contributed by atoms with Crippen LogP contribution in [0, 0.1) is 5.92 Å². The molecule has 1 aliphatic carbocycles. The summed E-state index contributed by atoms with van der Waals surface area (Å²) in [5.41, 5.74) is -0.0187. The summed E-state index contributed by atoms with van der Waals surface area (Å²) < 4.78 is 41.4. The number of benzene rings is 1. The summed E-state index contributed by atoms with van der Waals surface area (Å²) in [5, 5.41) is 17.7. The second-order valence-corrected chi connectivity index (χ2v) is 11.0. The number of halogens is 3. The van der Waals surface area contributed by atoms with E-state index in [1.807, 2.05) is 0 Å². The molecule has 13 heteroatoms. The number of piperidine rings is 1. The summed E-state index contributed by atoms with van der Waals surface area (Å²) in [5.74, 6) is -1.45. The molecule has 4 rings (SSSR count). The van der Waals surface area contributed by atoms with Crippen LogP contribution in [-0.2, 0) is 11.0 Å². The van der Waals surface area contributed by atoms with Crippen LogP contribution in [0.4, 0.5) is 30.6 Å². The van der Waals surface area contributed by atoms with Crippen molar-refractivity contribution in [3.8, 4) is 0 Å². The minimum Gasteiger partial charge on any atom is -0.394 e. The lowest BCUT2D eigenvalue weighted by Crippen LogP contribution is -2.44. The van der Waals surface area contributed by atoms with Crippen LogP contribution >= 0.6 is 0 Å². The fourth-order valence-electron chi connectivity index (χ4n) is 5.35. The summed E-state index contributed by atoms with van der Waals surface area (Å²) in [4.78, 5) is 37.7. The second kappa shape index (κ2) is 13.0. The van der Waals surface area contributed by atoms with Gasteiger partial charge in [-0.05, 0) is 77.0 Å². The first kappa shape index (κ1) is 30.5. The third kappa shape index (κ3) is 7.64. The molecule has 0 bridgehead atoms. The smallest absolute Gasteiger partial charge is 0.394 e. The van der Waals surface area contributed by atoms with Gasteiger partial charge in [-0.2, -0.15) is 18.2 Å². The molecule has 224 valence electrons. The highest BCUT2D eigenvalue weighted by atomic mass is 19.4. The van der Waals surface area contributed by atoms with E-state index in [4.69, 9.17) is 0 Å². The largest absolute Gasteiger partial charge is 0.421 e. The Morgan fingerprint density at radius 1 is 1.15 bits per heavy atom. The number of amides is 2. The van der Waals surface area contributed by atoms with Crippen LogP contribution in [-0.4, -0.2) is 88.6 Å². The molecule has 2 amide bonds. The Labute approximate surface area is 237 Å². The molecule has 0 spiro atoms. The monoisotopic (exact) mass is 577 g/mol. The highest BCUT2D eigenvalue weighted by molar-refractivity contribution is 5.94. The molecule has 2 heterocycles. The molecular weight excluding hydrogens is 539 g/mol. The molecule has 1 aromatic carbocycles. The van der Waals surface area contributed by atoms with Gasteiger partial charge in [0.15, 0.2) is 0 Å². The van der Waals surface area contributed by atoms with Crippen LogP contribution in [0.25, 0.3) is 0 Å². The number of carbonyl (C=O) groups excluding carboxylic acids is 2. The lowest BCUT2D eigenvalue weighted by Gasteiger charge is -2.35. The Morgan fingerprint density at radius 2 is 1.83 bits per heavy atom. The first-order valence-corrected chi connectivity index (χ1v) is 13.9. The van der Waals surface area contributed by atoms with Gasteiger partial charge < -0.3 is 30.9 Å². The van der Waals surface area contributed by atoms with Gasteiger partial charge in [0.05, 0.1) is 12.5 Å². The van der Waals surface area contributed by atoms with Crippen LogP contribution in [0.2, 0.25) is 0 Å². The van der Waals surface area contributed by atoms with E-state index in [9.17, 15) is 27.9 Å². The highest BCUT2D eigenvalue weighted by Crippen LogP contribution is 2.37. The number of carbonyl (C=O) groups is 2. The third-order valence-corrected chi connectivity index (χ3v) is 7.88. The van der Waals surface area contributed by atoms with Gasteiger partial charge in [0.1, 0.15) is 11.4 Å². The van der Waals surface area contributed by atoms with E-state index in [0.717, 1.165) is 25.9 Å². The lowest BCUT2D eigenvalue weighted by molar-refractivity contribution is -0.137. The average molecular weight is 578 g/mol. The predicted molar refractivity (Wildman–Crippen MR) is 149 cm³/mol. The second-order valence-electron chi connectivity index (χ2n) is 11.0. The van der Waals surface area contributed by atoms with Gasteiger partial charge in [-0.15, -0.1) is 0 Å². The molecule has 0 radical (unpaired) electrons. The standard InChI is InChI=1S/C28H38F3N7O3/c1-17(16-39)33-25(40)21-5-4-6-23(21)35-24-22(28(29,30)31)15-32-27(36-24)34-19-9-7-18(8-10-19)26(41)38(3)20-11-13-37(2)14-12-20/h7-10,15,17,20-21,23,39H,4-6,11-14,16H2,1-3H3,(H,33,40)(H2,32,34,35,36)/t17-,21-,23+/m0/s1. The maximum absolute atomic E-state index is 13.8. The molecule has 4 N–H and O–H groups in total. The average Bonchev–Trinajstić information content (AvgIpc) is 3.41. The van der Waals surface area contributed by atoms with Crippen molar-refractivity contribution in [2.45, 2.75) is 63.3 Å². The SMILES string of the molecule is C[C@@H](CO)NC(=O)[C@H]1CCC[C@H]1Nc1nc(Nc2ccc(C(=O)N(C)C3CCN(C)CC3)cc2)ncc1C(F)(F)F. The number of hydrogen-bond acceptors (Lipinski definition) is 8. The normalized spacial score (nSPS) is 20.9. The number of aliphatic hydroxyl groups excluding tert-OH is 1. The van der Waals surface area contributed by atoms with Gasteiger partial charge in [0.25, 0.3) is 5.91 Å². The van der Waals surface area contributed by atoms with Crippen LogP contribution in [0.1, 0.15) is 54.9 Å². The van der Waals surface area contributed by atoms with E-state index in [2.05, 4.69) is 37.9 Å². The number of hydrogen-bond donors (Lipinski definition) is 4. The molecule has 1 saturated carbocycles. The Kier molecular flexibility index (Phi) is 9.69. The quantitative estimate of drug-likeness (QED) is 0.357. The first-order chi connectivity index (χ1) is 19.5. The number of anilines is 3. The molecule has 2 aromatic rings. The maximum Gasteiger partial charge on any atom is 0.421 e. The van der Waals surface area contributed by atoms with Crippen molar-refractivity contribution in [3.63, 3.8) is 0 Å². The van der Waals surface area contributed by atoms with E-state index in [1.54, 1.807) is 43.1 Å². The van der Waals surface area contributed by atoms with Crippen molar-refractivity contribution in [3.05, 3.63) is 41.6 Å². The van der Waals surface area contributed by atoms with E-state index < -0.39 is 35.6 Å². The molecule has 0 unspecified atom stereocenters. The minimum absolute atomic E-state index is 0.0593. The first-order valence-electron chi connectivity index (χ1n) is 13.9. The van der Waals surface area contributed by atoms with Gasteiger partial charge in [-0.1, -0.05) is 6.42 Å². The lowest BCUT2D eigenvalue weighted by atomic mass is 10.0. The minimum atomic E-state index is -4.70. The molecule has 10 nitrogen and oxygen atoms in total. The molecule has 3 atom stereocenters. The summed E-state index contributed by atoms with van der Waals surface area (Å²) in [6.07, 6.45) is -0.496. The zero-order chi connectivity index (χ0) is 29.7. The molecule has 2 fully saturated rings. The molecule has 1 aromatic heterocycles. The zero-order valence-corrected chi connectivity index (χ0v) is 23.5. The van der Waals surface area contributed by atoms with Crippen LogP contribution < -0.4 is 16.0 Å². The highest BCUT2D eigenvalue weighted by Gasteiger charge is 2.39. The number of nitrogens with one attached hydrogen (secondary N) is 3. The Bertz CT molecular complexity index is 1200. The molecular formula is C28H38F3N7O3. The summed E-state index contributed by atoms with van der Waals surface area (Å²) in [6, 6.07) is 5.79. The Hall–Kier alpha value is -3.45. The van der Waals surface area contributed by atoms with Gasteiger partial charge in [0, 0.05) is 42.6 Å². The van der Waals surface area contributed by atoms with Crippen LogP contribution in [0.3, 0.4) is 0 Å². The molecule has 1 saturated heterocycles. The zero-order valence-electron chi connectivity index (χ0n) is 23.5. The fraction of sp³-hybridized carbons (Fsp3) is 0.571. The Morgan fingerprint density at radius 3 is 2.46 bits per heavy atom. The number of aromatic nitrogens is 2. The molecule has 2 aliphatic rings. The number of nitrogens with zero attached hydrogens (tertiary/aromatic N) is 4. The summed E-state index contributed by atoms with van der Waals surface area (Å²) >= 11 is 0.